The molecule has 150 valence electrons. The molecule has 0 spiro atoms. The standard InChI is InChI=1S/C20H19N3O5S/c1-12-5-4-6-15(20(26)23-9-2-3-10-23)17(12)22-29(27,28)13-7-8-14-16(11-13)19(25)21-18(14)24/h4-8,11,22H,2-3,9-10H2,1H3,(H,21,24,25). The van der Waals surface area contributed by atoms with Crippen LogP contribution in [0.15, 0.2) is 41.3 Å². The molecule has 2 heterocycles. The van der Waals surface area contributed by atoms with Crippen LogP contribution in [0.25, 0.3) is 0 Å². The quantitative estimate of drug-likeness (QED) is 0.744. The number of aryl methyl sites for hydroxylation is 1. The summed E-state index contributed by atoms with van der Waals surface area (Å²) < 4.78 is 28.5. The first kappa shape index (κ1) is 19.1. The number of nitrogens with zero attached hydrogens (tertiary/aromatic N) is 1. The van der Waals surface area contributed by atoms with Gasteiger partial charge in [-0.25, -0.2) is 8.42 Å². The van der Waals surface area contributed by atoms with E-state index in [1.165, 1.54) is 12.1 Å². The zero-order valence-electron chi connectivity index (χ0n) is 15.7. The number of fused-ring (bicyclic) bond motifs is 1. The lowest BCUT2D eigenvalue weighted by Gasteiger charge is -2.20. The van der Waals surface area contributed by atoms with Gasteiger partial charge in [-0.3, -0.25) is 24.4 Å². The summed E-state index contributed by atoms with van der Waals surface area (Å²) in [5.41, 5.74) is 1.24. The van der Waals surface area contributed by atoms with E-state index in [9.17, 15) is 22.8 Å². The maximum atomic E-state index is 13.0. The molecule has 2 aromatic rings. The Balaban J connectivity index is 1.71. The average molecular weight is 413 g/mol. The Kier molecular flexibility index (Phi) is 4.62. The van der Waals surface area contributed by atoms with Crippen molar-refractivity contribution in [2.75, 3.05) is 17.8 Å². The summed E-state index contributed by atoms with van der Waals surface area (Å²) in [5.74, 6) is -1.41. The molecule has 1 saturated heterocycles. The topological polar surface area (TPSA) is 113 Å². The van der Waals surface area contributed by atoms with Crippen molar-refractivity contribution < 1.29 is 22.8 Å². The normalized spacial score (nSPS) is 16.0. The van der Waals surface area contributed by atoms with Crippen LogP contribution < -0.4 is 10.0 Å². The van der Waals surface area contributed by atoms with Gasteiger partial charge in [-0.15, -0.1) is 0 Å². The van der Waals surface area contributed by atoms with E-state index in [1.807, 2.05) is 0 Å². The van der Waals surface area contributed by atoms with Gasteiger partial charge < -0.3 is 4.90 Å². The lowest BCUT2D eigenvalue weighted by molar-refractivity contribution is 0.0792. The van der Waals surface area contributed by atoms with Crippen LogP contribution >= 0.6 is 0 Å². The number of imide groups is 1. The van der Waals surface area contributed by atoms with Gasteiger partial charge >= 0.3 is 0 Å². The van der Waals surface area contributed by atoms with Gasteiger partial charge in [0.2, 0.25) is 0 Å². The van der Waals surface area contributed by atoms with E-state index >= 15 is 0 Å². The average Bonchev–Trinajstić information content (AvgIpc) is 3.31. The molecule has 0 saturated carbocycles. The molecule has 9 heteroatoms. The minimum absolute atomic E-state index is 0.0102. The summed E-state index contributed by atoms with van der Waals surface area (Å²) in [5, 5.41) is 2.13. The molecule has 0 aliphatic carbocycles. The van der Waals surface area contributed by atoms with E-state index in [1.54, 1.807) is 30.0 Å². The van der Waals surface area contributed by atoms with Crippen molar-refractivity contribution in [3.8, 4) is 0 Å². The van der Waals surface area contributed by atoms with Gasteiger partial charge in [-0.1, -0.05) is 12.1 Å². The number of rotatable bonds is 4. The molecule has 0 radical (unpaired) electrons. The highest BCUT2D eigenvalue weighted by Gasteiger charge is 2.30. The minimum atomic E-state index is -4.09. The number of likely N-dealkylation sites (tertiary alicyclic amines) is 1. The molecule has 2 aromatic carbocycles. The van der Waals surface area contributed by atoms with Crippen molar-refractivity contribution in [3.05, 3.63) is 58.7 Å². The van der Waals surface area contributed by atoms with Gasteiger partial charge in [0.25, 0.3) is 27.7 Å². The molecule has 0 bridgehead atoms. The third kappa shape index (κ3) is 3.38. The van der Waals surface area contributed by atoms with Crippen LogP contribution in [0.1, 0.15) is 49.5 Å². The van der Waals surface area contributed by atoms with E-state index in [2.05, 4.69) is 10.0 Å². The van der Waals surface area contributed by atoms with Gasteiger partial charge in [0.1, 0.15) is 0 Å². The maximum Gasteiger partial charge on any atom is 0.261 e. The second-order valence-electron chi connectivity index (χ2n) is 7.09. The fourth-order valence-corrected chi connectivity index (χ4v) is 4.76. The van der Waals surface area contributed by atoms with Crippen molar-refractivity contribution in [1.29, 1.82) is 0 Å². The van der Waals surface area contributed by atoms with E-state index < -0.39 is 21.8 Å². The molecule has 8 nitrogen and oxygen atoms in total. The molecule has 2 aliphatic heterocycles. The van der Waals surface area contributed by atoms with Gasteiger partial charge in [0.15, 0.2) is 0 Å². The fraction of sp³-hybridized carbons (Fsp3) is 0.250. The first-order chi connectivity index (χ1) is 13.8. The predicted molar refractivity (Wildman–Crippen MR) is 105 cm³/mol. The summed E-state index contributed by atoms with van der Waals surface area (Å²) >= 11 is 0. The maximum absolute atomic E-state index is 13.0. The largest absolute Gasteiger partial charge is 0.339 e. The van der Waals surface area contributed by atoms with Crippen molar-refractivity contribution in [3.63, 3.8) is 0 Å². The number of para-hydroxylation sites is 1. The molecule has 0 aromatic heterocycles. The fourth-order valence-electron chi connectivity index (χ4n) is 3.58. The van der Waals surface area contributed by atoms with E-state index in [0.29, 0.717) is 18.7 Å². The number of nitrogens with one attached hydrogen (secondary N) is 2. The smallest absolute Gasteiger partial charge is 0.261 e. The van der Waals surface area contributed by atoms with Crippen LogP contribution in [0.2, 0.25) is 0 Å². The Hall–Kier alpha value is -3.20. The van der Waals surface area contributed by atoms with Gasteiger partial charge in [0.05, 0.1) is 27.3 Å². The number of sulfonamides is 1. The number of carbonyl (C=O) groups excluding carboxylic acids is 3. The van der Waals surface area contributed by atoms with Gasteiger partial charge in [-0.05, 0) is 49.6 Å². The van der Waals surface area contributed by atoms with Crippen LogP contribution in [0, 0.1) is 6.92 Å². The molecule has 1 fully saturated rings. The first-order valence-corrected chi connectivity index (χ1v) is 10.7. The molecular formula is C20H19N3O5S. The van der Waals surface area contributed by atoms with Crippen molar-refractivity contribution >= 4 is 33.4 Å². The highest BCUT2D eigenvalue weighted by Crippen LogP contribution is 2.28. The molecule has 3 amide bonds. The minimum Gasteiger partial charge on any atom is -0.339 e. The summed E-state index contributed by atoms with van der Waals surface area (Å²) in [6, 6.07) is 8.76. The van der Waals surface area contributed by atoms with Gasteiger partial charge in [0, 0.05) is 13.1 Å². The first-order valence-electron chi connectivity index (χ1n) is 9.19. The van der Waals surface area contributed by atoms with Crippen molar-refractivity contribution in [2.24, 2.45) is 0 Å². The Morgan fingerprint density at radius 3 is 2.45 bits per heavy atom. The van der Waals surface area contributed by atoms with Crippen molar-refractivity contribution in [1.82, 2.24) is 10.2 Å². The Morgan fingerprint density at radius 2 is 1.72 bits per heavy atom. The highest BCUT2D eigenvalue weighted by molar-refractivity contribution is 7.92. The summed E-state index contributed by atoms with van der Waals surface area (Å²) in [7, 11) is -4.09. The number of anilines is 1. The Labute approximate surface area is 168 Å². The molecule has 2 N–H and O–H groups in total. The highest BCUT2D eigenvalue weighted by atomic mass is 32.2. The summed E-state index contributed by atoms with van der Waals surface area (Å²) in [6.45, 7) is 3.01. The van der Waals surface area contributed by atoms with Crippen LogP contribution in [0.5, 0.6) is 0 Å². The predicted octanol–water partition coefficient (Wildman–Crippen LogP) is 1.92. The van der Waals surface area contributed by atoms with Gasteiger partial charge in [-0.2, -0.15) is 0 Å². The molecule has 2 aliphatic rings. The number of hydrogen-bond donors (Lipinski definition) is 2. The SMILES string of the molecule is Cc1cccc(C(=O)N2CCCC2)c1NS(=O)(=O)c1ccc2c(c1)C(=O)NC2=O. The second-order valence-corrected chi connectivity index (χ2v) is 8.78. The molecule has 0 unspecified atom stereocenters. The van der Waals surface area contributed by atoms with Crippen LogP contribution in [0.4, 0.5) is 5.69 Å². The van der Waals surface area contributed by atoms with Crippen LogP contribution in [0.3, 0.4) is 0 Å². The van der Waals surface area contributed by atoms with Crippen LogP contribution in [-0.4, -0.2) is 44.1 Å². The zero-order valence-corrected chi connectivity index (χ0v) is 16.5. The van der Waals surface area contributed by atoms with E-state index in [0.717, 1.165) is 18.9 Å². The molecule has 0 atom stereocenters. The third-order valence-electron chi connectivity index (χ3n) is 5.15. The summed E-state index contributed by atoms with van der Waals surface area (Å²) in [4.78, 5) is 38.0. The number of hydrogen-bond acceptors (Lipinski definition) is 5. The molecular weight excluding hydrogens is 394 g/mol. The lowest BCUT2D eigenvalue weighted by Crippen LogP contribution is -2.29. The second kappa shape index (κ2) is 7.00. The van der Waals surface area contributed by atoms with E-state index in [4.69, 9.17) is 0 Å². The number of carbonyl (C=O) groups is 3. The third-order valence-corrected chi connectivity index (χ3v) is 6.50. The zero-order chi connectivity index (χ0) is 20.8. The molecule has 4 rings (SSSR count). The van der Waals surface area contributed by atoms with Crippen LogP contribution in [-0.2, 0) is 10.0 Å². The molecule has 29 heavy (non-hydrogen) atoms. The Morgan fingerprint density at radius 1 is 1.03 bits per heavy atom. The summed E-state index contributed by atoms with van der Waals surface area (Å²) in [6.07, 6.45) is 1.85. The number of benzene rings is 2. The number of amides is 3. The van der Waals surface area contributed by atoms with Crippen molar-refractivity contribution in [2.45, 2.75) is 24.7 Å². The lowest BCUT2D eigenvalue weighted by atomic mass is 10.1. The monoisotopic (exact) mass is 413 g/mol. The van der Waals surface area contributed by atoms with E-state index in [-0.39, 0.29) is 33.2 Å². The Bertz CT molecular complexity index is 1150.